The summed E-state index contributed by atoms with van der Waals surface area (Å²) in [5.41, 5.74) is 1.03. The molecule has 2 N–H and O–H groups in total. The van der Waals surface area contributed by atoms with Crippen molar-refractivity contribution in [2.75, 3.05) is 19.0 Å². The molecule has 0 fully saturated rings. The van der Waals surface area contributed by atoms with E-state index in [9.17, 15) is 4.79 Å². The average Bonchev–Trinajstić information content (AvgIpc) is 2.54. The van der Waals surface area contributed by atoms with E-state index in [4.69, 9.17) is 4.74 Å². The molecule has 0 radical (unpaired) electrons. The fraction of sp³-hybridized carbons (Fsp3) is 0.133. The van der Waals surface area contributed by atoms with Gasteiger partial charge >= 0.3 is 0 Å². The molecular formula is C15H16N4O2. The lowest BCUT2D eigenvalue weighted by atomic mass is 10.3. The number of hydrogen-bond acceptors (Lipinski definition) is 5. The van der Waals surface area contributed by atoms with Gasteiger partial charge in [-0.1, -0.05) is 18.2 Å². The highest BCUT2D eigenvalue weighted by atomic mass is 16.5. The first-order valence-corrected chi connectivity index (χ1v) is 6.37. The van der Waals surface area contributed by atoms with Gasteiger partial charge in [-0.3, -0.25) is 4.79 Å². The van der Waals surface area contributed by atoms with Crippen molar-refractivity contribution in [1.82, 2.24) is 15.5 Å². The summed E-state index contributed by atoms with van der Waals surface area (Å²) in [6.45, 7) is 3.92. The second-order valence-electron chi connectivity index (χ2n) is 4.13. The minimum atomic E-state index is -0.286. The SMILES string of the molecule is C=CCNC(=O)c1ccc(Nc2ccccc2OC)nn1. The van der Waals surface area contributed by atoms with Gasteiger partial charge in [0.1, 0.15) is 5.75 Å². The molecule has 2 rings (SSSR count). The zero-order valence-electron chi connectivity index (χ0n) is 11.7. The molecule has 0 unspecified atom stereocenters. The highest BCUT2D eigenvalue weighted by Crippen LogP contribution is 2.25. The Labute approximate surface area is 122 Å². The van der Waals surface area contributed by atoms with Crippen LogP contribution in [0.5, 0.6) is 5.75 Å². The Morgan fingerprint density at radius 3 is 2.76 bits per heavy atom. The number of carbonyl (C=O) groups is 1. The van der Waals surface area contributed by atoms with E-state index >= 15 is 0 Å². The molecule has 2 aromatic rings. The number of rotatable bonds is 6. The van der Waals surface area contributed by atoms with E-state index in [2.05, 4.69) is 27.4 Å². The van der Waals surface area contributed by atoms with Crippen molar-refractivity contribution >= 4 is 17.4 Å². The molecule has 0 saturated carbocycles. The number of amides is 1. The van der Waals surface area contributed by atoms with E-state index < -0.39 is 0 Å². The molecule has 1 aromatic carbocycles. The topological polar surface area (TPSA) is 76.1 Å². The van der Waals surface area contributed by atoms with Gasteiger partial charge in [0.25, 0.3) is 5.91 Å². The van der Waals surface area contributed by atoms with Gasteiger partial charge in [0, 0.05) is 6.54 Å². The van der Waals surface area contributed by atoms with Crippen LogP contribution in [0.4, 0.5) is 11.5 Å². The Bertz CT molecular complexity index is 626. The van der Waals surface area contributed by atoms with Crippen molar-refractivity contribution in [2.45, 2.75) is 0 Å². The van der Waals surface area contributed by atoms with Crippen molar-refractivity contribution in [1.29, 1.82) is 0 Å². The summed E-state index contributed by atoms with van der Waals surface area (Å²) < 4.78 is 5.24. The third-order valence-corrected chi connectivity index (χ3v) is 2.67. The van der Waals surface area contributed by atoms with Gasteiger partial charge in [-0.2, -0.15) is 0 Å². The van der Waals surface area contributed by atoms with Gasteiger partial charge in [-0.15, -0.1) is 16.8 Å². The summed E-state index contributed by atoms with van der Waals surface area (Å²) in [5.74, 6) is 0.943. The minimum Gasteiger partial charge on any atom is -0.495 e. The molecule has 0 aliphatic carbocycles. The van der Waals surface area contributed by atoms with Crippen molar-refractivity contribution in [3.63, 3.8) is 0 Å². The number of para-hydroxylation sites is 2. The molecule has 0 saturated heterocycles. The van der Waals surface area contributed by atoms with Crippen LogP contribution >= 0.6 is 0 Å². The summed E-state index contributed by atoms with van der Waals surface area (Å²) in [4.78, 5) is 11.7. The smallest absolute Gasteiger partial charge is 0.272 e. The van der Waals surface area contributed by atoms with Gasteiger partial charge in [0.15, 0.2) is 11.5 Å². The summed E-state index contributed by atoms with van der Waals surface area (Å²) in [6, 6.07) is 10.8. The number of ether oxygens (including phenoxy) is 1. The Balaban J connectivity index is 2.09. The molecule has 108 valence electrons. The van der Waals surface area contributed by atoms with Crippen LogP contribution in [0, 0.1) is 0 Å². The molecule has 0 bridgehead atoms. The van der Waals surface area contributed by atoms with Crippen LogP contribution in [0.15, 0.2) is 49.1 Å². The van der Waals surface area contributed by atoms with Crippen LogP contribution in [-0.4, -0.2) is 29.8 Å². The number of hydrogen-bond donors (Lipinski definition) is 2. The first-order chi connectivity index (χ1) is 10.2. The van der Waals surface area contributed by atoms with Gasteiger partial charge in [-0.25, -0.2) is 0 Å². The molecule has 1 amide bonds. The maximum atomic E-state index is 11.7. The third-order valence-electron chi connectivity index (χ3n) is 2.67. The number of anilines is 2. The first kappa shape index (κ1) is 14.5. The number of carbonyl (C=O) groups excluding carboxylic acids is 1. The summed E-state index contributed by atoms with van der Waals surface area (Å²) in [5, 5.41) is 13.6. The Hall–Kier alpha value is -2.89. The minimum absolute atomic E-state index is 0.252. The van der Waals surface area contributed by atoms with E-state index in [1.54, 1.807) is 25.3 Å². The van der Waals surface area contributed by atoms with Crippen LogP contribution in [0.2, 0.25) is 0 Å². The second-order valence-corrected chi connectivity index (χ2v) is 4.13. The fourth-order valence-electron chi connectivity index (χ4n) is 1.66. The summed E-state index contributed by atoms with van der Waals surface area (Å²) in [7, 11) is 1.60. The van der Waals surface area contributed by atoms with Crippen LogP contribution in [0.3, 0.4) is 0 Å². The number of methoxy groups -OCH3 is 1. The molecule has 1 heterocycles. The van der Waals surface area contributed by atoms with Crippen molar-refractivity contribution < 1.29 is 9.53 Å². The standard InChI is InChI=1S/C15H16N4O2/c1-3-10-16-15(20)12-8-9-14(19-18-12)17-11-6-4-5-7-13(11)21-2/h3-9H,1,10H2,2H3,(H,16,20)(H,17,19). The zero-order valence-corrected chi connectivity index (χ0v) is 11.7. The quantitative estimate of drug-likeness (QED) is 0.795. The van der Waals surface area contributed by atoms with Gasteiger partial charge in [0.2, 0.25) is 0 Å². The molecule has 0 spiro atoms. The van der Waals surface area contributed by atoms with Gasteiger partial charge in [-0.05, 0) is 24.3 Å². The fourth-order valence-corrected chi connectivity index (χ4v) is 1.66. The maximum absolute atomic E-state index is 11.7. The Kier molecular flexibility index (Phi) is 4.87. The number of nitrogens with zero attached hydrogens (tertiary/aromatic N) is 2. The van der Waals surface area contributed by atoms with Crippen molar-refractivity contribution in [2.24, 2.45) is 0 Å². The lowest BCUT2D eigenvalue weighted by Gasteiger charge is -2.09. The molecule has 0 aliphatic rings. The number of nitrogens with one attached hydrogen (secondary N) is 2. The van der Waals surface area contributed by atoms with Crippen LogP contribution in [0.1, 0.15) is 10.5 Å². The summed E-state index contributed by atoms with van der Waals surface area (Å²) in [6.07, 6.45) is 1.60. The van der Waals surface area contributed by atoms with E-state index in [0.717, 1.165) is 5.69 Å². The number of aromatic nitrogens is 2. The van der Waals surface area contributed by atoms with Crippen LogP contribution in [0.25, 0.3) is 0 Å². The Morgan fingerprint density at radius 1 is 1.29 bits per heavy atom. The lowest BCUT2D eigenvalue weighted by Crippen LogP contribution is -2.24. The molecule has 6 heteroatoms. The summed E-state index contributed by atoms with van der Waals surface area (Å²) >= 11 is 0. The van der Waals surface area contributed by atoms with Crippen molar-refractivity contribution in [3.8, 4) is 5.75 Å². The number of benzene rings is 1. The molecule has 21 heavy (non-hydrogen) atoms. The second kappa shape index (κ2) is 7.04. The van der Waals surface area contributed by atoms with Crippen LogP contribution < -0.4 is 15.4 Å². The Morgan fingerprint density at radius 2 is 2.10 bits per heavy atom. The highest BCUT2D eigenvalue weighted by Gasteiger charge is 2.08. The highest BCUT2D eigenvalue weighted by molar-refractivity contribution is 5.92. The molecule has 1 aromatic heterocycles. The zero-order chi connectivity index (χ0) is 15.1. The van der Waals surface area contributed by atoms with Crippen LogP contribution in [-0.2, 0) is 0 Å². The maximum Gasteiger partial charge on any atom is 0.272 e. The predicted molar refractivity (Wildman–Crippen MR) is 80.8 cm³/mol. The predicted octanol–water partition coefficient (Wildman–Crippen LogP) is 2.14. The van der Waals surface area contributed by atoms with Gasteiger partial charge in [0.05, 0.1) is 12.8 Å². The third kappa shape index (κ3) is 3.79. The van der Waals surface area contributed by atoms with E-state index in [-0.39, 0.29) is 11.6 Å². The monoisotopic (exact) mass is 284 g/mol. The molecule has 0 aliphatic heterocycles. The molecule has 0 atom stereocenters. The molecular weight excluding hydrogens is 268 g/mol. The normalized spacial score (nSPS) is 9.76. The van der Waals surface area contributed by atoms with E-state index in [0.29, 0.717) is 18.1 Å². The van der Waals surface area contributed by atoms with Crippen molar-refractivity contribution in [3.05, 3.63) is 54.7 Å². The molecule has 6 nitrogen and oxygen atoms in total. The van der Waals surface area contributed by atoms with Gasteiger partial charge < -0.3 is 15.4 Å². The lowest BCUT2D eigenvalue weighted by molar-refractivity contribution is 0.0952. The van der Waals surface area contributed by atoms with E-state index in [1.165, 1.54) is 0 Å². The first-order valence-electron chi connectivity index (χ1n) is 6.37. The van der Waals surface area contributed by atoms with E-state index in [1.807, 2.05) is 24.3 Å². The largest absolute Gasteiger partial charge is 0.495 e. The average molecular weight is 284 g/mol.